The van der Waals surface area contributed by atoms with Crippen LogP contribution < -0.4 is 5.32 Å². The number of rotatable bonds is 8. The summed E-state index contributed by atoms with van der Waals surface area (Å²) >= 11 is 13.7. The Hall–Kier alpha value is -1.73. The highest BCUT2D eigenvalue weighted by atomic mass is 35.5. The van der Waals surface area contributed by atoms with Crippen molar-refractivity contribution in [3.05, 3.63) is 52.5 Å². The van der Waals surface area contributed by atoms with E-state index in [2.05, 4.69) is 14.9 Å². The average Bonchev–Trinajstić information content (AvgIpc) is 3.00. The number of hydrogen-bond acceptors (Lipinski definition) is 4. The van der Waals surface area contributed by atoms with E-state index in [1.54, 1.807) is 37.1 Å². The summed E-state index contributed by atoms with van der Waals surface area (Å²) in [6.45, 7) is 1.31. The van der Waals surface area contributed by atoms with Crippen molar-refractivity contribution in [1.82, 2.24) is 9.55 Å². The Morgan fingerprint density at radius 2 is 1.93 bits per heavy atom. The maximum Gasteiger partial charge on any atom is 0.225 e. The largest absolute Gasteiger partial charge is 0.383 e. The number of thioether (sulfide) groups is 1. The van der Waals surface area contributed by atoms with Gasteiger partial charge in [-0.3, -0.25) is 4.79 Å². The molecule has 0 spiro atoms. The number of fused-ring (bicyclic) bond motifs is 1. The summed E-state index contributed by atoms with van der Waals surface area (Å²) in [4.78, 5) is 16.9. The number of imidazole rings is 1. The van der Waals surface area contributed by atoms with Crippen LogP contribution in [-0.4, -0.2) is 34.9 Å². The van der Waals surface area contributed by atoms with Gasteiger partial charge in [-0.2, -0.15) is 0 Å². The molecule has 0 radical (unpaired) electrons. The molecule has 27 heavy (non-hydrogen) atoms. The zero-order valence-corrected chi connectivity index (χ0v) is 17.1. The third-order valence-electron chi connectivity index (χ3n) is 3.93. The zero-order chi connectivity index (χ0) is 19.2. The fourth-order valence-corrected chi connectivity index (χ4v) is 4.09. The lowest BCUT2D eigenvalue weighted by Gasteiger charge is -2.10. The monoisotopic (exact) mass is 423 g/mol. The molecule has 0 atom stereocenters. The summed E-state index contributed by atoms with van der Waals surface area (Å²) < 4.78 is 7.32. The van der Waals surface area contributed by atoms with E-state index in [-0.39, 0.29) is 5.91 Å². The minimum atomic E-state index is -0.142. The third-order valence-corrected chi connectivity index (χ3v) is 5.53. The molecule has 0 fully saturated rings. The Kier molecular flexibility index (Phi) is 7.01. The Labute approximate surface area is 172 Å². The van der Waals surface area contributed by atoms with Gasteiger partial charge in [0, 0.05) is 25.8 Å². The first-order chi connectivity index (χ1) is 13.1. The van der Waals surface area contributed by atoms with Gasteiger partial charge in [-0.05, 0) is 24.3 Å². The van der Waals surface area contributed by atoms with E-state index in [1.165, 1.54) is 0 Å². The van der Waals surface area contributed by atoms with Crippen LogP contribution in [0.25, 0.3) is 11.0 Å². The number of carbonyl (C=O) groups excluding carboxylic acids is 1. The summed E-state index contributed by atoms with van der Waals surface area (Å²) in [5, 5.41) is 4.49. The summed E-state index contributed by atoms with van der Waals surface area (Å²) in [7, 11) is 1.68. The molecule has 3 rings (SSSR count). The molecule has 0 saturated carbocycles. The van der Waals surface area contributed by atoms with Gasteiger partial charge in [0.2, 0.25) is 5.91 Å². The van der Waals surface area contributed by atoms with E-state index in [0.717, 1.165) is 16.2 Å². The number of carbonyl (C=O) groups is 1. The van der Waals surface area contributed by atoms with Crippen molar-refractivity contribution in [3.63, 3.8) is 0 Å². The molecule has 8 heteroatoms. The van der Waals surface area contributed by atoms with Crippen molar-refractivity contribution in [2.24, 2.45) is 0 Å². The number of halogens is 2. The van der Waals surface area contributed by atoms with Crippen LogP contribution in [0.2, 0.25) is 10.0 Å². The second kappa shape index (κ2) is 9.46. The van der Waals surface area contributed by atoms with Gasteiger partial charge in [0.15, 0.2) is 5.16 Å². The van der Waals surface area contributed by atoms with Crippen molar-refractivity contribution in [3.8, 4) is 0 Å². The molecule has 0 bridgehead atoms. The lowest BCUT2D eigenvalue weighted by Crippen LogP contribution is -2.13. The number of benzene rings is 2. The molecule has 142 valence electrons. The number of hydrogen-bond donors (Lipinski definition) is 1. The first-order valence-electron chi connectivity index (χ1n) is 8.41. The van der Waals surface area contributed by atoms with E-state index in [9.17, 15) is 4.79 Å². The zero-order valence-electron chi connectivity index (χ0n) is 14.7. The molecule has 5 nitrogen and oxygen atoms in total. The molecule has 1 aromatic heterocycles. The van der Waals surface area contributed by atoms with Gasteiger partial charge in [-0.25, -0.2) is 4.98 Å². The summed E-state index contributed by atoms with van der Waals surface area (Å²) in [5.74, 6) is 0.446. The molecule has 1 N–H and O–H groups in total. The minimum absolute atomic E-state index is 0.142. The molecular formula is C19H19Cl2N3O2S. The van der Waals surface area contributed by atoms with Crippen LogP contribution in [-0.2, 0) is 16.1 Å². The number of anilines is 1. The van der Waals surface area contributed by atoms with Crippen LogP contribution in [0.4, 0.5) is 5.69 Å². The molecule has 0 saturated heterocycles. The van der Waals surface area contributed by atoms with Crippen molar-refractivity contribution >= 4 is 57.6 Å². The number of nitrogens with one attached hydrogen (secondary N) is 1. The number of methoxy groups -OCH3 is 1. The highest BCUT2D eigenvalue weighted by molar-refractivity contribution is 7.99. The van der Waals surface area contributed by atoms with Gasteiger partial charge in [-0.15, -0.1) is 0 Å². The highest BCUT2D eigenvalue weighted by Crippen LogP contribution is 2.30. The lowest BCUT2D eigenvalue weighted by atomic mass is 10.3. The molecule has 0 aliphatic heterocycles. The number of aromatic nitrogens is 2. The smallest absolute Gasteiger partial charge is 0.225 e. The van der Waals surface area contributed by atoms with Gasteiger partial charge in [0.05, 0.1) is 33.4 Å². The van der Waals surface area contributed by atoms with Gasteiger partial charge in [0.1, 0.15) is 0 Å². The van der Waals surface area contributed by atoms with Crippen LogP contribution in [0.3, 0.4) is 0 Å². The lowest BCUT2D eigenvalue weighted by molar-refractivity contribution is -0.115. The topological polar surface area (TPSA) is 56.1 Å². The van der Waals surface area contributed by atoms with E-state index in [0.29, 0.717) is 41.1 Å². The number of para-hydroxylation sites is 3. The van der Waals surface area contributed by atoms with Crippen LogP contribution in [0.1, 0.15) is 6.42 Å². The van der Waals surface area contributed by atoms with Gasteiger partial charge in [-0.1, -0.05) is 53.2 Å². The van der Waals surface area contributed by atoms with E-state index < -0.39 is 0 Å². The molecule has 1 heterocycles. The highest BCUT2D eigenvalue weighted by Gasteiger charge is 2.13. The summed E-state index contributed by atoms with van der Waals surface area (Å²) in [6.07, 6.45) is 0.319. The third kappa shape index (κ3) is 4.96. The van der Waals surface area contributed by atoms with Crippen molar-refractivity contribution < 1.29 is 9.53 Å². The van der Waals surface area contributed by atoms with Gasteiger partial charge >= 0.3 is 0 Å². The fraction of sp³-hybridized carbons (Fsp3) is 0.263. The minimum Gasteiger partial charge on any atom is -0.383 e. The maximum atomic E-state index is 12.2. The quantitative estimate of drug-likeness (QED) is 0.511. The number of amides is 1. The van der Waals surface area contributed by atoms with Crippen LogP contribution >= 0.6 is 35.0 Å². The van der Waals surface area contributed by atoms with Crippen LogP contribution in [0.15, 0.2) is 47.6 Å². The second-order valence-electron chi connectivity index (χ2n) is 5.77. The van der Waals surface area contributed by atoms with Crippen molar-refractivity contribution in [2.45, 2.75) is 18.1 Å². The molecule has 2 aromatic carbocycles. The normalized spacial score (nSPS) is 11.1. The van der Waals surface area contributed by atoms with Crippen molar-refractivity contribution in [1.29, 1.82) is 0 Å². The Morgan fingerprint density at radius 3 is 2.67 bits per heavy atom. The molecular weight excluding hydrogens is 405 g/mol. The fourth-order valence-electron chi connectivity index (χ4n) is 2.62. The van der Waals surface area contributed by atoms with Crippen molar-refractivity contribution in [2.75, 3.05) is 24.8 Å². The maximum absolute atomic E-state index is 12.2. The van der Waals surface area contributed by atoms with Gasteiger partial charge in [0.25, 0.3) is 0 Å². The molecule has 1 amide bonds. The summed E-state index contributed by atoms with van der Waals surface area (Å²) in [5.41, 5.74) is 2.44. The molecule has 0 aliphatic rings. The van der Waals surface area contributed by atoms with Crippen LogP contribution in [0.5, 0.6) is 0 Å². The second-order valence-corrected chi connectivity index (χ2v) is 7.65. The van der Waals surface area contributed by atoms with Gasteiger partial charge < -0.3 is 14.6 Å². The SMILES string of the molecule is COCCn1c(SCCC(=O)Nc2c(Cl)cccc2Cl)nc2ccccc21. The molecule has 0 aliphatic carbocycles. The number of ether oxygens (including phenoxy) is 1. The van der Waals surface area contributed by atoms with E-state index in [1.807, 2.05) is 24.3 Å². The Bertz CT molecular complexity index is 926. The summed E-state index contributed by atoms with van der Waals surface area (Å²) in [6, 6.07) is 13.1. The first kappa shape index (κ1) is 20.0. The first-order valence-corrected chi connectivity index (χ1v) is 10.1. The van der Waals surface area contributed by atoms with E-state index in [4.69, 9.17) is 27.9 Å². The average molecular weight is 424 g/mol. The molecule has 0 unspecified atom stereocenters. The van der Waals surface area contributed by atoms with Crippen LogP contribution in [0, 0.1) is 0 Å². The number of nitrogens with zero attached hydrogens (tertiary/aromatic N) is 2. The predicted octanol–water partition coefficient (Wildman–Crippen LogP) is 5.11. The Morgan fingerprint density at radius 1 is 1.19 bits per heavy atom. The van der Waals surface area contributed by atoms with E-state index >= 15 is 0 Å². The Balaban J connectivity index is 1.64. The standard InChI is InChI=1S/C19H19Cl2N3O2S/c1-26-11-10-24-16-8-3-2-7-15(16)22-19(24)27-12-9-17(25)23-18-13(20)5-4-6-14(18)21/h2-8H,9-12H2,1H3,(H,23,25). The molecule has 3 aromatic rings. The predicted molar refractivity (Wildman–Crippen MR) is 112 cm³/mol.